The van der Waals surface area contributed by atoms with Crippen molar-refractivity contribution in [2.24, 2.45) is 0 Å². The number of hydrogen-bond acceptors (Lipinski definition) is 3. The second-order valence-corrected chi connectivity index (χ2v) is 15.6. The minimum Gasteiger partial charge on any atom is -0.309 e. The lowest BCUT2D eigenvalue weighted by Crippen LogP contribution is -1.97. The van der Waals surface area contributed by atoms with Gasteiger partial charge in [-0.2, -0.15) is 5.10 Å². The molecule has 12 aromatic rings. The van der Waals surface area contributed by atoms with Crippen molar-refractivity contribution in [2.45, 2.75) is 0 Å². The van der Waals surface area contributed by atoms with Crippen LogP contribution in [0.25, 0.3) is 111 Å². The van der Waals surface area contributed by atoms with Crippen molar-refractivity contribution in [3.05, 3.63) is 224 Å². The maximum Gasteiger partial charge on any atom is 0.160 e. The molecule has 0 unspecified atom stereocenters. The van der Waals surface area contributed by atoms with Crippen molar-refractivity contribution in [3.63, 3.8) is 0 Å². The van der Waals surface area contributed by atoms with Crippen LogP contribution in [-0.2, 0) is 0 Å². The lowest BCUT2D eigenvalue weighted by atomic mass is 9.96. The van der Waals surface area contributed by atoms with E-state index >= 15 is 0 Å². The van der Waals surface area contributed by atoms with E-state index in [1.165, 1.54) is 5.39 Å². The third-order valence-electron chi connectivity index (χ3n) is 12.0. The van der Waals surface area contributed by atoms with E-state index in [-0.39, 0.29) is 0 Å². The number of hydrogen-bond donors (Lipinski definition) is 0. The van der Waals surface area contributed by atoms with Crippen molar-refractivity contribution in [1.82, 2.24) is 24.1 Å². The average molecular weight is 792 g/mol. The number of nitrogens with zero attached hydrogens (tertiary/aromatic N) is 5. The maximum atomic E-state index is 5.42. The van der Waals surface area contributed by atoms with Crippen LogP contribution in [0.3, 0.4) is 0 Å². The highest BCUT2D eigenvalue weighted by atomic mass is 15.2. The Morgan fingerprint density at radius 1 is 0.387 bits per heavy atom. The van der Waals surface area contributed by atoms with Crippen molar-refractivity contribution >= 4 is 38.1 Å². The summed E-state index contributed by atoms with van der Waals surface area (Å²) in [7, 11) is 0. The first-order valence-electron chi connectivity index (χ1n) is 21.0. The van der Waals surface area contributed by atoms with E-state index in [1.54, 1.807) is 0 Å². The maximum absolute atomic E-state index is 5.42. The highest BCUT2D eigenvalue weighted by Crippen LogP contribution is 2.42. The fraction of sp³-hybridized carbons (Fsp3) is 0. The second kappa shape index (κ2) is 14.7. The van der Waals surface area contributed by atoms with E-state index in [4.69, 9.17) is 15.1 Å². The zero-order valence-electron chi connectivity index (χ0n) is 33.6. The summed E-state index contributed by atoms with van der Waals surface area (Å²) in [5.74, 6) is 0.681. The van der Waals surface area contributed by atoms with Crippen LogP contribution >= 0.6 is 0 Å². The molecule has 0 fully saturated rings. The van der Waals surface area contributed by atoms with Gasteiger partial charge in [-0.3, -0.25) is 0 Å². The molecule has 4 aromatic heterocycles. The molecule has 12 rings (SSSR count). The van der Waals surface area contributed by atoms with Crippen LogP contribution in [0.4, 0.5) is 0 Å². The standard InChI is InChI=1S/C57H37N5/c1-5-18-40(19-6-1)53-55(41-20-7-2-8-21-41)60-62-52(36-43-24-13-14-27-45(43)56(53)62)39-34-32-38(33-35-39)48-37-49(59-57(58-48)42-22-9-3-10-23-42)46-29-17-31-51-54(46)47-28-15-16-30-50(47)61(51)44-25-11-4-12-26-44/h1-37H. The lowest BCUT2D eigenvalue weighted by Gasteiger charge is -2.13. The average Bonchev–Trinajstić information content (AvgIpc) is 3.92. The first-order valence-corrected chi connectivity index (χ1v) is 21.0. The summed E-state index contributed by atoms with van der Waals surface area (Å²) in [6.07, 6.45) is 0. The van der Waals surface area contributed by atoms with Crippen LogP contribution in [0, 0.1) is 0 Å². The fourth-order valence-electron chi connectivity index (χ4n) is 9.12. The molecule has 0 aliphatic carbocycles. The molecular weight excluding hydrogens is 755 g/mol. The summed E-state index contributed by atoms with van der Waals surface area (Å²) >= 11 is 0. The Hall–Kier alpha value is -8.41. The highest BCUT2D eigenvalue weighted by molar-refractivity contribution is 6.15. The minimum atomic E-state index is 0.681. The Morgan fingerprint density at radius 3 is 1.71 bits per heavy atom. The zero-order valence-corrected chi connectivity index (χ0v) is 33.6. The molecule has 0 amide bonds. The number of pyridine rings is 1. The van der Waals surface area contributed by atoms with Gasteiger partial charge in [0.25, 0.3) is 0 Å². The van der Waals surface area contributed by atoms with E-state index in [2.05, 4.69) is 215 Å². The van der Waals surface area contributed by atoms with E-state index in [9.17, 15) is 0 Å². The lowest BCUT2D eigenvalue weighted by molar-refractivity contribution is 0.979. The molecule has 4 heterocycles. The topological polar surface area (TPSA) is 48.0 Å². The Labute approximate surface area is 358 Å². The summed E-state index contributed by atoms with van der Waals surface area (Å²) in [6, 6.07) is 79.0. The molecule has 0 bridgehead atoms. The van der Waals surface area contributed by atoms with E-state index < -0.39 is 0 Å². The number of aromatic nitrogens is 5. The predicted molar refractivity (Wildman–Crippen MR) is 255 cm³/mol. The van der Waals surface area contributed by atoms with Gasteiger partial charge in [0.1, 0.15) is 5.69 Å². The van der Waals surface area contributed by atoms with Gasteiger partial charge in [-0.05, 0) is 47.3 Å². The molecule has 0 N–H and O–H groups in total. The zero-order chi connectivity index (χ0) is 41.0. The largest absolute Gasteiger partial charge is 0.309 e. The molecular formula is C57H37N5. The van der Waals surface area contributed by atoms with Gasteiger partial charge < -0.3 is 4.57 Å². The second-order valence-electron chi connectivity index (χ2n) is 15.6. The molecule has 8 aromatic carbocycles. The van der Waals surface area contributed by atoms with Crippen LogP contribution in [0.5, 0.6) is 0 Å². The van der Waals surface area contributed by atoms with E-state index in [0.717, 1.165) is 100 Å². The third kappa shape index (κ3) is 5.90. The van der Waals surface area contributed by atoms with Gasteiger partial charge in [0.05, 0.1) is 33.6 Å². The Balaban J connectivity index is 1.04. The first kappa shape index (κ1) is 35.5. The predicted octanol–water partition coefficient (Wildman–Crippen LogP) is 14.4. The summed E-state index contributed by atoms with van der Waals surface area (Å²) in [4.78, 5) is 10.5. The summed E-state index contributed by atoms with van der Waals surface area (Å²) in [6.45, 7) is 0. The van der Waals surface area contributed by atoms with Crippen molar-refractivity contribution < 1.29 is 0 Å². The number of benzene rings is 8. The minimum absolute atomic E-state index is 0.681. The van der Waals surface area contributed by atoms with Crippen LogP contribution < -0.4 is 0 Å². The van der Waals surface area contributed by atoms with Gasteiger partial charge in [0.15, 0.2) is 5.82 Å². The number of para-hydroxylation sites is 2. The fourth-order valence-corrected chi connectivity index (χ4v) is 9.12. The Morgan fingerprint density at radius 2 is 0.968 bits per heavy atom. The van der Waals surface area contributed by atoms with Gasteiger partial charge in [-0.15, -0.1) is 0 Å². The Kier molecular flexibility index (Phi) is 8.42. The molecule has 0 aliphatic heterocycles. The van der Waals surface area contributed by atoms with E-state index in [0.29, 0.717) is 5.82 Å². The van der Waals surface area contributed by atoms with Crippen LogP contribution in [-0.4, -0.2) is 24.1 Å². The summed E-state index contributed by atoms with van der Waals surface area (Å²) < 4.78 is 4.49. The highest BCUT2D eigenvalue weighted by Gasteiger charge is 2.22. The summed E-state index contributed by atoms with van der Waals surface area (Å²) in [5, 5.41) is 10.1. The summed E-state index contributed by atoms with van der Waals surface area (Å²) in [5.41, 5.74) is 15.6. The van der Waals surface area contributed by atoms with Crippen LogP contribution in [0.1, 0.15) is 0 Å². The molecule has 5 heteroatoms. The third-order valence-corrected chi connectivity index (χ3v) is 12.0. The molecule has 0 saturated heterocycles. The van der Waals surface area contributed by atoms with Crippen molar-refractivity contribution in [2.75, 3.05) is 0 Å². The number of rotatable bonds is 7. The van der Waals surface area contributed by atoms with Gasteiger partial charge in [0, 0.05) is 55.2 Å². The molecule has 0 atom stereocenters. The van der Waals surface area contributed by atoms with Crippen molar-refractivity contribution in [3.8, 4) is 73.2 Å². The quantitative estimate of drug-likeness (QED) is 0.162. The Bertz CT molecular complexity index is 3590. The van der Waals surface area contributed by atoms with Gasteiger partial charge in [-0.25, -0.2) is 14.5 Å². The first-order chi connectivity index (χ1) is 30.8. The van der Waals surface area contributed by atoms with Crippen LogP contribution in [0.15, 0.2) is 224 Å². The molecule has 0 radical (unpaired) electrons. The number of fused-ring (bicyclic) bond motifs is 6. The molecule has 0 aliphatic rings. The van der Waals surface area contributed by atoms with E-state index in [1.807, 2.05) is 18.2 Å². The normalized spacial score (nSPS) is 11.5. The van der Waals surface area contributed by atoms with Crippen LogP contribution in [0.2, 0.25) is 0 Å². The molecule has 62 heavy (non-hydrogen) atoms. The van der Waals surface area contributed by atoms with Gasteiger partial charge in [0.2, 0.25) is 0 Å². The smallest absolute Gasteiger partial charge is 0.160 e. The molecule has 290 valence electrons. The molecule has 0 spiro atoms. The van der Waals surface area contributed by atoms with Crippen molar-refractivity contribution in [1.29, 1.82) is 0 Å². The SMILES string of the molecule is c1ccc(-c2nc(-c3ccc(-c4cc5ccccc5c5c(-c6ccccc6)c(-c6ccccc6)nn45)cc3)cc(-c3cccc4c3c3ccccc3n4-c3ccccc3)n2)cc1. The van der Waals surface area contributed by atoms with Gasteiger partial charge in [-0.1, -0.05) is 188 Å². The monoisotopic (exact) mass is 791 g/mol. The van der Waals surface area contributed by atoms with Gasteiger partial charge >= 0.3 is 0 Å². The molecule has 5 nitrogen and oxygen atoms in total. The molecule has 0 saturated carbocycles.